The molecule has 0 aromatic carbocycles. The lowest BCUT2D eigenvalue weighted by atomic mass is 9.99. The van der Waals surface area contributed by atoms with Crippen molar-refractivity contribution in [2.24, 2.45) is 0 Å². The predicted molar refractivity (Wildman–Crippen MR) is 111 cm³/mol. The summed E-state index contributed by atoms with van der Waals surface area (Å²) in [5.74, 6) is 0. The highest BCUT2D eigenvalue weighted by molar-refractivity contribution is 7.18. The first kappa shape index (κ1) is 17.8. The van der Waals surface area contributed by atoms with Crippen LogP contribution in [0, 0.1) is 6.92 Å². The molecule has 0 atom stereocenters. The third-order valence-corrected chi connectivity index (χ3v) is 5.99. The van der Waals surface area contributed by atoms with Crippen molar-refractivity contribution in [3.8, 4) is 21.1 Å². The molecule has 0 bridgehead atoms. The summed E-state index contributed by atoms with van der Waals surface area (Å²) < 4.78 is 0. The highest BCUT2D eigenvalue weighted by Crippen LogP contribution is 2.38. The van der Waals surface area contributed by atoms with Crippen molar-refractivity contribution in [3.63, 3.8) is 0 Å². The lowest BCUT2D eigenvalue weighted by Crippen LogP contribution is -2.25. The van der Waals surface area contributed by atoms with Crippen molar-refractivity contribution < 1.29 is 5.11 Å². The molecule has 0 radical (unpaired) electrons. The van der Waals surface area contributed by atoms with E-state index in [4.69, 9.17) is 9.97 Å². The van der Waals surface area contributed by atoms with Gasteiger partial charge in [-0.05, 0) is 49.6 Å². The van der Waals surface area contributed by atoms with Gasteiger partial charge in [0.15, 0.2) is 0 Å². The fraction of sp³-hybridized carbons (Fsp3) is 0.286. The second-order valence-electron chi connectivity index (χ2n) is 6.65. The maximum atomic E-state index is 9.19. The van der Waals surface area contributed by atoms with E-state index >= 15 is 0 Å². The highest BCUT2D eigenvalue weighted by atomic mass is 32.1. The zero-order valence-electron chi connectivity index (χ0n) is 15.5. The number of nitrogens with zero attached hydrogens (tertiary/aromatic N) is 4. The van der Waals surface area contributed by atoms with Gasteiger partial charge in [-0.15, -0.1) is 11.3 Å². The normalized spacial score (nSPS) is 15.2. The van der Waals surface area contributed by atoms with Crippen LogP contribution in [0.25, 0.3) is 26.7 Å². The van der Waals surface area contributed by atoms with Gasteiger partial charge in [0.1, 0.15) is 5.01 Å². The minimum Gasteiger partial charge on any atom is -0.396 e. The number of anilines is 1. The van der Waals surface area contributed by atoms with E-state index in [1.54, 1.807) is 17.5 Å². The van der Waals surface area contributed by atoms with E-state index in [2.05, 4.69) is 35.1 Å². The number of aromatic nitrogens is 3. The number of fused-ring (bicyclic) bond motifs is 1. The fourth-order valence-electron chi connectivity index (χ4n) is 3.33. The molecule has 3 aromatic heterocycles. The summed E-state index contributed by atoms with van der Waals surface area (Å²) in [6.07, 6.45) is 7.33. The van der Waals surface area contributed by atoms with Crippen molar-refractivity contribution in [3.05, 3.63) is 54.1 Å². The molecule has 1 aliphatic rings. The molecule has 27 heavy (non-hydrogen) atoms. The number of hydrogen-bond acceptors (Lipinski definition) is 6. The Morgan fingerprint density at radius 2 is 2.15 bits per heavy atom. The van der Waals surface area contributed by atoms with Gasteiger partial charge in [-0.1, -0.05) is 6.08 Å². The lowest BCUT2D eigenvalue weighted by molar-refractivity contribution is 0.302. The second kappa shape index (κ2) is 7.58. The van der Waals surface area contributed by atoms with Crippen LogP contribution in [-0.4, -0.2) is 40.3 Å². The van der Waals surface area contributed by atoms with E-state index in [1.165, 1.54) is 5.57 Å². The van der Waals surface area contributed by atoms with Crippen molar-refractivity contribution in [1.29, 1.82) is 0 Å². The molecule has 0 amide bonds. The van der Waals surface area contributed by atoms with E-state index in [0.29, 0.717) is 6.42 Å². The van der Waals surface area contributed by atoms with Crippen LogP contribution < -0.4 is 4.90 Å². The Balaban J connectivity index is 1.77. The molecule has 0 unspecified atom stereocenters. The Hall–Kier alpha value is -2.57. The summed E-state index contributed by atoms with van der Waals surface area (Å²) in [6.45, 7) is 3.16. The van der Waals surface area contributed by atoms with Gasteiger partial charge in [-0.25, -0.2) is 9.97 Å². The maximum Gasteiger partial charge on any atom is 0.125 e. The van der Waals surface area contributed by atoms with E-state index < -0.39 is 0 Å². The number of pyridine rings is 2. The molecule has 3 aromatic rings. The molecule has 1 N–H and O–H groups in total. The molecule has 0 fully saturated rings. The van der Waals surface area contributed by atoms with Gasteiger partial charge in [-0.2, -0.15) is 0 Å². The Kier molecular flexibility index (Phi) is 5.01. The molecule has 138 valence electrons. The Bertz CT molecular complexity index is 981. The predicted octanol–water partition coefficient (Wildman–Crippen LogP) is 4.18. The fourth-order valence-corrected chi connectivity index (χ4v) is 4.36. The number of aliphatic hydroxyl groups is 1. The lowest BCUT2D eigenvalue weighted by Gasteiger charge is -2.28. The molecular formula is C21H22N4OS. The zero-order valence-corrected chi connectivity index (χ0v) is 16.3. The highest BCUT2D eigenvalue weighted by Gasteiger charge is 2.21. The molecule has 4 heterocycles. The topological polar surface area (TPSA) is 62.1 Å². The van der Waals surface area contributed by atoms with Crippen LogP contribution in [0.5, 0.6) is 0 Å². The van der Waals surface area contributed by atoms with E-state index in [0.717, 1.165) is 51.2 Å². The molecule has 0 aliphatic carbocycles. The van der Waals surface area contributed by atoms with Gasteiger partial charge < -0.3 is 10.0 Å². The monoisotopic (exact) mass is 378 g/mol. The zero-order chi connectivity index (χ0) is 18.8. The number of aryl methyl sites for hydroxylation is 1. The Morgan fingerprint density at radius 1 is 1.26 bits per heavy atom. The van der Waals surface area contributed by atoms with Gasteiger partial charge in [0.05, 0.1) is 27.6 Å². The molecule has 5 nitrogen and oxygen atoms in total. The van der Waals surface area contributed by atoms with Crippen molar-refractivity contribution >= 4 is 22.6 Å². The maximum absolute atomic E-state index is 9.19. The first-order chi connectivity index (χ1) is 13.2. The van der Waals surface area contributed by atoms with E-state index in [1.807, 2.05) is 25.3 Å². The summed E-state index contributed by atoms with van der Waals surface area (Å²) in [4.78, 5) is 17.3. The van der Waals surface area contributed by atoms with Gasteiger partial charge in [0, 0.05) is 38.2 Å². The minimum absolute atomic E-state index is 0.163. The summed E-state index contributed by atoms with van der Waals surface area (Å²) >= 11 is 1.65. The molecule has 0 saturated carbocycles. The third-order valence-electron chi connectivity index (χ3n) is 4.76. The first-order valence-electron chi connectivity index (χ1n) is 9.08. The van der Waals surface area contributed by atoms with Gasteiger partial charge in [-0.3, -0.25) is 4.98 Å². The molecule has 0 saturated heterocycles. The van der Waals surface area contributed by atoms with Crippen LogP contribution in [0.3, 0.4) is 0 Å². The number of rotatable bonds is 4. The molecule has 6 heteroatoms. The van der Waals surface area contributed by atoms with Gasteiger partial charge >= 0.3 is 0 Å². The first-order valence-corrected chi connectivity index (χ1v) is 9.89. The number of thiazole rings is 1. The average Bonchev–Trinajstić information content (AvgIpc) is 3.10. The van der Waals surface area contributed by atoms with Crippen molar-refractivity contribution in [2.45, 2.75) is 19.8 Å². The van der Waals surface area contributed by atoms with Crippen LogP contribution in [0.1, 0.15) is 24.2 Å². The average molecular weight is 379 g/mol. The Labute approximate surface area is 163 Å². The minimum atomic E-state index is 0.163. The van der Waals surface area contributed by atoms with Crippen LogP contribution in [0.2, 0.25) is 0 Å². The summed E-state index contributed by atoms with van der Waals surface area (Å²) in [7, 11) is 2.10. The van der Waals surface area contributed by atoms with E-state index in [9.17, 15) is 5.11 Å². The quantitative estimate of drug-likeness (QED) is 0.738. The number of aliphatic hydroxyl groups excluding tert-OH is 1. The van der Waals surface area contributed by atoms with Crippen molar-refractivity contribution in [1.82, 2.24) is 15.0 Å². The molecule has 0 spiro atoms. The molecule has 4 rings (SSSR count). The van der Waals surface area contributed by atoms with Gasteiger partial charge in [0.25, 0.3) is 0 Å². The SMILES string of the molecule is Cc1nc(-c2cccnc2)sc1-c1ccc2c(n1)/C(=C\CCO)CCN2C. The molecular weight excluding hydrogens is 356 g/mol. The van der Waals surface area contributed by atoms with Crippen LogP contribution in [0.4, 0.5) is 5.69 Å². The third kappa shape index (κ3) is 3.50. The summed E-state index contributed by atoms with van der Waals surface area (Å²) in [5, 5.41) is 10.2. The van der Waals surface area contributed by atoms with Crippen LogP contribution in [-0.2, 0) is 0 Å². The second-order valence-corrected chi connectivity index (χ2v) is 7.65. The summed E-state index contributed by atoms with van der Waals surface area (Å²) in [5.41, 5.74) is 6.33. The van der Waals surface area contributed by atoms with Gasteiger partial charge in [0.2, 0.25) is 0 Å². The molecule has 1 aliphatic heterocycles. The standard InChI is InChI=1S/C21H22N4OS/c1-14-20(27-21(23-14)16-5-3-10-22-13-16)17-7-8-18-19(24-17)15(6-4-12-26)9-11-25(18)2/h3,5-8,10,13,26H,4,9,11-12H2,1-2H3/b15-6-. The van der Waals surface area contributed by atoms with E-state index in [-0.39, 0.29) is 6.61 Å². The largest absolute Gasteiger partial charge is 0.396 e. The van der Waals surface area contributed by atoms with Crippen molar-refractivity contribution in [2.75, 3.05) is 25.1 Å². The Morgan fingerprint density at radius 3 is 2.93 bits per heavy atom. The number of hydrogen-bond donors (Lipinski definition) is 1. The van der Waals surface area contributed by atoms with Crippen LogP contribution in [0.15, 0.2) is 42.7 Å². The van der Waals surface area contributed by atoms with Crippen LogP contribution >= 0.6 is 11.3 Å². The summed E-state index contributed by atoms with van der Waals surface area (Å²) in [6, 6.07) is 8.18. The smallest absolute Gasteiger partial charge is 0.125 e.